The van der Waals surface area contributed by atoms with Gasteiger partial charge in [-0.15, -0.1) is 11.3 Å². The molecule has 13 heteroatoms. The molecule has 0 saturated carbocycles. The number of thioether (sulfide) groups is 1. The van der Waals surface area contributed by atoms with E-state index in [1.54, 1.807) is 24.3 Å². The molecule has 0 radical (unpaired) electrons. The van der Waals surface area contributed by atoms with Gasteiger partial charge in [0.2, 0.25) is 5.91 Å². The molecule has 11 nitrogen and oxygen atoms in total. The summed E-state index contributed by atoms with van der Waals surface area (Å²) in [5.74, 6) is 0.633. The highest BCUT2D eigenvalue weighted by Crippen LogP contribution is 2.37. The van der Waals surface area contributed by atoms with Crippen molar-refractivity contribution in [2.75, 3.05) is 35.3 Å². The first-order chi connectivity index (χ1) is 17.0. The molecule has 0 unspecified atom stereocenters. The van der Waals surface area contributed by atoms with E-state index in [1.807, 2.05) is 19.2 Å². The number of amides is 2. The maximum atomic E-state index is 12.7. The predicted molar refractivity (Wildman–Crippen MR) is 137 cm³/mol. The Morgan fingerprint density at radius 2 is 1.83 bits per heavy atom. The van der Waals surface area contributed by atoms with Crippen LogP contribution in [0.5, 0.6) is 11.5 Å². The van der Waals surface area contributed by atoms with Crippen molar-refractivity contribution in [1.82, 2.24) is 19.9 Å². The number of rotatable bonds is 10. The van der Waals surface area contributed by atoms with Crippen molar-refractivity contribution in [3.05, 3.63) is 40.8 Å². The summed E-state index contributed by atoms with van der Waals surface area (Å²) in [7, 11) is 0. The fourth-order valence-corrected chi connectivity index (χ4v) is 4.39. The lowest BCUT2D eigenvalue weighted by molar-refractivity contribution is -0.113. The average molecular weight is 514 g/mol. The Morgan fingerprint density at radius 1 is 1.11 bits per heavy atom. The first-order valence-corrected chi connectivity index (χ1v) is 12.5. The van der Waals surface area contributed by atoms with Crippen molar-refractivity contribution in [2.45, 2.75) is 19.0 Å². The van der Waals surface area contributed by atoms with E-state index in [9.17, 15) is 9.59 Å². The van der Waals surface area contributed by atoms with Crippen molar-refractivity contribution >= 4 is 63.3 Å². The molecule has 0 aliphatic rings. The Kier molecular flexibility index (Phi) is 7.67. The lowest BCUT2D eigenvalue weighted by Gasteiger charge is -2.17. The van der Waals surface area contributed by atoms with Gasteiger partial charge in [-0.3, -0.25) is 9.59 Å². The van der Waals surface area contributed by atoms with Gasteiger partial charge >= 0.3 is 0 Å². The average Bonchev–Trinajstić information content (AvgIpc) is 3.51. The molecular weight excluding hydrogens is 490 g/mol. The van der Waals surface area contributed by atoms with E-state index in [1.165, 1.54) is 29.4 Å². The number of carbonyl (C=O) groups excluding carboxylic acids is 2. The number of benzene rings is 1. The van der Waals surface area contributed by atoms with Crippen LogP contribution in [0.15, 0.2) is 41.1 Å². The van der Waals surface area contributed by atoms with Gasteiger partial charge in [0.15, 0.2) is 16.6 Å². The number of anilines is 3. The number of hydrogen-bond acceptors (Lipinski definition) is 10. The van der Waals surface area contributed by atoms with Crippen molar-refractivity contribution in [1.29, 1.82) is 0 Å². The van der Waals surface area contributed by atoms with E-state index in [2.05, 4.69) is 30.6 Å². The van der Waals surface area contributed by atoms with E-state index >= 15 is 0 Å². The second kappa shape index (κ2) is 11.1. The number of hydrogen-bond donors (Lipinski definition) is 4. The monoisotopic (exact) mass is 513 g/mol. The third kappa shape index (κ3) is 5.81. The normalized spacial score (nSPS) is 10.8. The van der Waals surface area contributed by atoms with Crippen LogP contribution in [0, 0.1) is 0 Å². The third-order valence-corrected chi connectivity index (χ3v) is 6.33. The van der Waals surface area contributed by atoms with Gasteiger partial charge in [0, 0.05) is 12.1 Å². The molecule has 0 fully saturated rings. The zero-order chi connectivity index (χ0) is 24.8. The number of aromatic amines is 1. The van der Waals surface area contributed by atoms with Crippen LogP contribution < -0.4 is 25.8 Å². The number of nitrogens with one attached hydrogen (secondary N) is 3. The van der Waals surface area contributed by atoms with Crippen LogP contribution in [-0.4, -0.2) is 50.7 Å². The summed E-state index contributed by atoms with van der Waals surface area (Å²) in [4.78, 5) is 41.2. The molecule has 1 aromatic carbocycles. The first-order valence-electron chi connectivity index (χ1n) is 10.7. The topological polar surface area (TPSA) is 157 Å². The summed E-state index contributed by atoms with van der Waals surface area (Å²) < 4.78 is 11.4. The summed E-state index contributed by atoms with van der Waals surface area (Å²) in [5, 5.41) is 8.03. The Balaban J connectivity index is 1.50. The number of H-pyrrole nitrogens is 1. The van der Waals surface area contributed by atoms with Gasteiger partial charge in [-0.1, -0.05) is 17.8 Å². The Hall–Kier alpha value is -3.84. The van der Waals surface area contributed by atoms with Crippen LogP contribution in [0.3, 0.4) is 0 Å². The van der Waals surface area contributed by atoms with Crippen LogP contribution in [0.25, 0.3) is 11.2 Å². The van der Waals surface area contributed by atoms with E-state index in [-0.39, 0.29) is 23.4 Å². The molecule has 5 N–H and O–H groups in total. The largest absolute Gasteiger partial charge is 0.492 e. The van der Waals surface area contributed by atoms with E-state index in [4.69, 9.17) is 15.2 Å². The van der Waals surface area contributed by atoms with Gasteiger partial charge in [-0.25, -0.2) is 15.0 Å². The van der Waals surface area contributed by atoms with Crippen molar-refractivity contribution < 1.29 is 19.1 Å². The molecule has 0 spiro atoms. The fourth-order valence-electron chi connectivity index (χ4n) is 3.11. The van der Waals surface area contributed by atoms with Gasteiger partial charge < -0.3 is 30.8 Å². The second-order valence-corrected chi connectivity index (χ2v) is 8.89. The molecule has 35 heavy (non-hydrogen) atoms. The smallest absolute Gasteiger partial charge is 0.265 e. The van der Waals surface area contributed by atoms with E-state index in [0.29, 0.717) is 57.3 Å². The standard InChI is InChI=1S/C22H23N7O4S2/c1-3-32-14-9-13(27-21(31)16-6-5-7-34-16)15(33-4-2)8-12(14)26-17(30)10-35-22-28-18-19(23)24-11-25-20(18)29-22/h5-9,11H,3-4,10H2,1-2H3,(H,26,30)(H,27,31)(H3,23,24,25,28,29). The predicted octanol–water partition coefficient (Wildman–Crippen LogP) is 3.78. The molecule has 2 amide bonds. The molecular formula is C22H23N7O4S2. The van der Waals surface area contributed by atoms with Gasteiger partial charge in [0.1, 0.15) is 23.3 Å². The molecule has 0 saturated heterocycles. The number of nitrogens with two attached hydrogens (primary N) is 1. The highest BCUT2D eigenvalue weighted by molar-refractivity contribution is 7.99. The molecule has 0 atom stereocenters. The summed E-state index contributed by atoms with van der Waals surface area (Å²) in [6, 6.07) is 6.82. The van der Waals surface area contributed by atoms with Gasteiger partial charge in [0.05, 0.1) is 35.2 Å². The third-order valence-electron chi connectivity index (χ3n) is 4.58. The van der Waals surface area contributed by atoms with E-state index in [0.717, 1.165) is 0 Å². The Morgan fingerprint density at radius 3 is 2.46 bits per heavy atom. The van der Waals surface area contributed by atoms with Crippen LogP contribution >= 0.6 is 23.1 Å². The van der Waals surface area contributed by atoms with E-state index < -0.39 is 0 Å². The number of nitrogens with zero attached hydrogens (tertiary/aromatic N) is 3. The van der Waals surface area contributed by atoms with Crippen molar-refractivity contribution in [3.8, 4) is 11.5 Å². The minimum Gasteiger partial charge on any atom is -0.492 e. The van der Waals surface area contributed by atoms with Gasteiger partial charge in [-0.2, -0.15) is 0 Å². The first kappa shape index (κ1) is 24.3. The van der Waals surface area contributed by atoms with Crippen LogP contribution in [0.2, 0.25) is 0 Å². The maximum Gasteiger partial charge on any atom is 0.265 e. The SMILES string of the molecule is CCOc1cc(NC(=O)c2cccs2)c(OCC)cc1NC(=O)CSc1nc2ncnc(N)c2[nH]1. The Bertz CT molecular complexity index is 1340. The lowest BCUT2D eigenvalue weighted by atomic mass is 10.2. The van der Waals surface area contributed by atoms with Crippen LogP contribution in [-0.2, 0) is 4.79 Å². The summed E-state index contributed by atoms with van der Waals surface area (Å²) in [6.45, 7) is 4.40. The zero-order valence-electron chi connectivity index (χ0n) is 19.0. The number of fused-ring (bicyclic) bond motifs is 1. The minimum absolute atomic E-state index is 0.0690. The molecule has 0 aliphatic heterocycles. The summed E-state index contributed by atoms with van der Waals surface area (Å²) in [6.07, 6.45) is 1.33. The molecule has 3 aromatic heterocycles. The minimum atomic E-state index is -0.284. The number of thiophene rings is 1. The zero-order valence-corrected chi connectivity index (χ0v) is 20.6. The highest BCUT2D eigenvalue weighted by Gasteiger charge is 2.18. The Labute approximate surface area is 208 Å². The molecule has 4 aromatic rings. The lowest BCUT2D eigenvalue weighted by Crippen LogP contribution is -2.16. The molecule has 0 aliphatic carbocycles. The molecule has 0 bridgehead atoms. The number of aromatic nitrogens is 4. The number of carbonyl (C=O) groups is 2. The van der Waals surface area contributed by atoms with Crippen LogP contribution in [0.1, 0.15) is 23.5 Å². The highest BCUT2D eigenvalue weighted by atomic mass is 32.2. The quantitative estimate of drug-likeness (QED) is 0.232. The molecule has 182 valence electrons. The second-order valence-electron chi connectivity index (χ2n) is 6.98. The summed E-state index contributed by atoms with van der Waals surface area (Å²) in [5.41, 5.74) is 7.65. The number of imidazole rings is 1. The number of nitrogen functional groups attached to an aromatic ring is 1. The maximum absolute atomic E-state index is 12.7. The number of ether oxygens (including phenoxy) is 2. The van der Waals surface area contributed by atoms with Crippen molar-refractivity contribution in [2.24, 2.45) is 0 Å². The van der Waals surface area contributed by atoms with Gasteiger partial charge in [0.25, 0.3) is 5.91 Å². The van der Waals surface area contributed by atoms with Crippen molar-refractivity contribution in [3.63, 3.8) is 0 Å². The summed E-state index contributed by atoms with van der Waals surface area (Å²) >= 11 is 2.53. The van der Waals surface area contributed by atoms with Gasteiger partial charge in [-0.05, 0) is 25.3 Å². The fraction of sp³-hybridized carbons (Fsp3) is 0.227. The molecule has 4 rings (SSSR count). The van der Waals surface area contributed by atoms with Crippen LogP contribution in [0.4, 0.5) is 17.2 Å². The molecule has 3 heterocycles.